The highest BCUT2D eigenvalue weighted by atomic mass is 32.2. The van der Waals surface area contributed by atoms with Crippen LogP contribution in [0.15, 0.2) is 97.1 Å². The summed E-state index contributed by atoms with van der Waals surface area (Å²) >= 11 is 0. The van der Waals surface area contributed by atoms with Crippen LogP contribution < -0.4 is 9.46 Å². The molecular weight excluding hydrogens is 474 g/mol. The summed E-state index contributed by atoms with van der Waals surface area (Å²) < 4.78 is 39.1. The molecule has 0 aliphatic heterocycles. The molecule has 1 N–H and O–H groups in total. The van der Waals surface area contributed by atoms with Gasteiger partial charge in [0.05, 0.1) is 12.9 Å². The normalized spacial score (nSPS) is 11.5. The van der Waals surface area contributed by atoms with Gasteiger partial charge in [-0.1, -0.05) is 91.0 Å². The van der Waals surface area contributed by atoms with Crippen LogP contribution in [0.5, 0.6) is 5.75 Å². The van der Waals surface area contributed by atoms with E-state index in [1.807, 2.05) is 91.0 Å². The predicted octanol–water partition coefficient (Wildman–Crippen LogP) is 4.69. The van der Waals surface area contributed by atoms with E-state index in [-0.39, 0.29) is 24.8 Å². The highest BCUT2D eigenvalue weighted by Crippen LogP contribution is 2.29. The molecule has 0 saturated heterocycles. The van der Waals surface area contributed by atoms with Crippen LogP contribution in [0.3, 0.4) is 0 Å². The Labute approximate surface area is 211 Å². The largest absolute Gasteiger partial charge is 0.481 e. The highest BCUT2D eigenvalue weighted by molar-refractivity contribution is 7.89. The number of aryl methyl sites for hydroxylation is 1. The number of fused-ring (bicyclic) bond motifs is 1. The van der Waals surface area contributed by atoms with Crippen LogP contribution >= 0.6 is 0 Å². The maximum atomic E-state index is 13.0. The Morgan fingerprint density at radius 2 is 1.42 bits per heavy atom. The van der Waals surface area contributed by atoms with Crippen molar-refractivity contribution in [2.45, 2.75) is 12.3 Å². The monoisotopic (exact) mass is 503 g/mol. The second-order valence-electron chi connectivity index (χ2n) is 8.42. The van der Waals surface area contributed by atoms with Crippen molar-refractivity contribution in [1.29, 1.82) is 0 Å². The summed E-state index contributed by atoms with van der Waals surface area (Å²) in [5.74, 6) is -0.0523. The van der Waals surface area contributed by atoms with Gasteiger partial charge in [-0.3, -0.25) is 0 Å². The average Bonchev–Trinajstić information content (AvgIpc) is 2.91. The molecule has 0 aliphatic rings. The molecule has 0 saturated carbocycles. The fourth-order valence-corrected chi connectivity index (χ4v) is 5.26. The first-order chi connectivity index (χ1) is 17.5. The van der Waals surface area contributed by atoms with Gasteiger partial charge in [-0.25, -0.2) is 17.9 Å². The Bertz CT molecular complexity index is 1370. The third-order valence-corrected chi connectivity index (χ3v) is 7.45. The van der Waals surface area contributed by atoms with Gasteiger partial charge < -0.3 is 9.47 Å². The van der Waals surface area contributed by atoms with Gasteiger partial charge in [0.2, 0.25) is 10.0 Å². The molecule has 6 nitrogen and oxygen atoms in total. The molecule has 186 valence electrons. The van der Waals surface area contributed by atoms with Crippen LogP contribution in [-0.2, 0) is 26.0 Å². The van der Waals surface area contributed by atoms with Crippen molar-refractivity contribution in [1.82, 2.24) is 4.72 Å². The summed E-state index contributed by atoms with van der Waals surface area (Å²) in [7, 11) is -2.23. The molecule has 4 aromatic rings. The topological polar surface area (TPSA) is 81.7 Å². The van der Waals surface area contributed by atoms with E-state index in [4.69, 9.17) is 4.74 Å². The van der Waals surface area contributed by atoms with Gasteiger partial charge in [0.15, 0.2) is 6.61 Å². The van der Waals surface area contributed by atoms with Crippen LogP contribution in [0.2, 0.25) is 0 Å². The van der Waals surface area contributed by atoms with Crippen molar-refractivity contribution in [3.05, 3.63) is 114 Å². The van der Waals surface area contributed by atoms with E-state index in [0.29, 0.717) is 12.2 Å². The lowest BCUT2D eigenvalue weighted by molar-refractivity contribution is -0.142. The average molecular weight is 504 g/mol. The van der Waals surface area contributed by atoms with E-state index < -0.39 is 16.0 Å². The van der Waals surface area contributed by atoms with Crippen molar-refractivity contribution >= 4 is 26.8 Å². The zero-order valence-corrected chi connectivity index (χ0v) is 20.9. The molecule has 4 aromatic carbocycles. The number of hydrogen-bond acceptors (Lipinski definition) is 5. The fraction of sp³-hybridized carbons (Fsp3) is 0.207. The van der Waals surface area contributed by atoms with Gasteiger partial charge >= 0.3 is 5.97 Å². The first kappa shape index (κ1) is 25.4. The Kier molecular flexibility index (Phi) is 8.36. The molecule has 0 fully saturated rings. The first-order valence-electron chi connectivity index (χ1n) is 11.7. The van der Waals surface area contributed by atoms with Gasteiger partial charge in [-0.05, 0) is 34.6 Å². The van der Waals surface area contributed by atoms with Crippen molar-refractivity contribution in [3.8, 4) is 5.75 Å². The maximum Gasteiger partial charge on any atom is 0.343 e. The van der Waals surface area contributed by atoms with Crippen molar-refractivity contribution in [3.63, 3.8) is 0 Å². The number of benzene rings is 4. The Morgan fingerprint density at radius 3 is 2.06 bits per heavy atom. The Balaban J connectivity index is 1.47. The fourth-order valence-electron chi connectivity index (χ4n) is 4.21. The minimum atomic E-state index is -3.54. The zero-order chi connectivity index (χ0) is 25.4. The number of esters is 1. The summed E-state index contributed by atoms with van der Waals surface area (Å²) in [4.78, 5) is 11.5. The lowest BCUT2D eigenvalue weighted by Gasteiger charge is -2.19. The SMILES string of the molecule is COC(=O)COc1cccc2c(CCS(=O)(=O)NCC(c3ccccc3)c3ccccc3)cccc12. The number of methoxy groups -OCH3 is 1. The summed E-state index contributed by atoms with van der Waals surface area (Å²) in [6.45, 7) is 0.0829. The highest BCUT2D eigenvalue weighted by Gasteiger charge is 2.19. The molecule has 0 unspecified atom stereocenters. The number of rotatable bonds is 11. The van der Waals surface area contributed by atoms with Crippen LogP contribution in [0, 0.1) is 0 Å². The van der Waals surface area contributed by atoms with Gasteiger partial charge in [-0.15, -0.1) is 0 Å². The van der Waals surface area contributed by atoms with E-state index in [9.17, 15) is 13.2 Å². The third-order valence-electron chi connectivity index (χ3n) is 6.10. The van der Waals surface area contributed by atoms with Crippen LogP contribution in [0.25, 0.3) is 10.8 Å². The Hall–Kier alpha value is -3.68. The molecule has 0 spiro atoms. The summed E-state index contributed by atoms with van der Waals surface area (Å²) in [5.41, 5.74) is 3.00. The Morgan fingerprint density at radius 1 is 0.806 bits per heavy atom. The van der Waals surface area contributed by atoms with E-state index >= 15 is 0 Å². The minimum Gasteiger partial charge on any atom is -0.481 e. The number of ether oxygens (including phenoxy) is 2. The van der Waals surface area contributed by atoms with Gasteiger partial charge in [0.1, 0.15) is 5.75 Å². The van der Waals surface area contributed by atoms with E-state index in [1.165, 1.54) is 7.11 Å². The van der Waals surface area contributed by atoms with Crippen molar-refractivity contribution < 1.29 is 22.7 Å². The lowest BCUT2D eigenvalue weighted by Crippen LogP contribution is -2.31. The van der Waals surface area contributed by atoms with Gasteiger partial charge in [-0.2, -0.15) is 0 Å². The number of carbonyl (C=O) groups is 1. The number of carbonyl (C=O) groups excluding carboxylic acids is 1. The first-order valence-corrected chi connectivity index (χ1v) is 13.4. The predicted molar refractivity (Wildman–Crippen MR) is 142 cm³/mol. The summed E-state index contributed by atoms with van der Waals surface area (Å²) in [6.07, 6.45) is 0.342. The molecule has 0 bridgehead atoms. The molecule has 0 radical (unpaired) electrons. The molecule has 0 aliphatic carbocycles. The zero-order valence-electron chi connectivity index (χ0n) is 20.1. The number of nitrogens with one attached hydrogen (secondary N) is 1. The molecule has 36 heavy (non-hydrogen) atoms. The molecule has 7 heteroatoms. The van der Waals surface area contributed by atoms with Crippen LogP contribution in [0.1, 0.15) is 22.6 Å². The van der Waals surface area contributed by atoms with E-state index in [1.54, 1.807) is 6.07 Å². The molecule has 0 aromatic heterocycles. The quantitative estimate of drug-likeness (QED) is 0.301. The second kappa shape index (κ2) is 11.8. The third kappa shape index (κ3) is 6.50. The van der Waals surface area contributed by atoms with Crippen LogP contribution in [-0.4, -0.2) is 40.4 Å². The number of sulfonamides is 1. The second-order valence-corrected chi connectivity index (χ2v) is 10.4. The van der Waals surface area contributed by atoms with Crippen molar-refractivity contribution in [2.24, 2.45) is 0 Å². The summed E-state index contributed by atoms with van der Waals surface area (Å²) in [6, 6.07) is 31.0. The lowest BCUT2D eigenvalue weighted by atomic mass is 9.92. The maximum absolute atomic E-state index is 13.0. The molecule has 4 rings (SSSR count). The summed E-state index contributed by atoms with van der Waals surface area (Å²) in [5, 5.41) is 1.71. The minimum absolute atomic E-state index is 0.0460. The molecule has 0 heterocycles. The van der Waals surface area contributed by atoms with Gasteiger partial charge in [0, 0.05) is 17.8 Å². The molecular formula is C29H29NO5S. The van der Waals surface area contributed by atoms with E-state index in [0.717, 1.165) is 27.5 Å². The molecule has 0 atom stereocenters. The smallest absolute Gasteiger partial charge is 0.343 e. The number of hydrogen-bond donors (Lipinski definition) is 1. The van der Waals surface area contributed by atoms with E-state index in [2.05, 4.69) is 9.46 Å². The van der Waals surface area contributed by atoms with Crippen molar-refractivity contribution in [2.75, 3.05) is 26.0 Å². The molecule has 0 amide bonds. The standard InChI is InChI=1S/C29H29NO5S/c1-34-29(31)21-35-28-17-9-15-25-24(14-8-16-26(25)28)18-19-36(32,33)30-20-27(22-10-4-2-5-11-22)23-12-6-3-7-13-23/h2-17,27,30H,18-21H2,1H3. The van der Waals surface area contributed by atoms with Crippen LogP contribution in [0.4, 0.5) is 0 Å². The van der Waals surface area contributed by atoms with Gasteiger partial charge in [0.25, 0.3) is 0 Å².